The van der Waals surface area contributed by atoms with Crippen LogP contribution in [0.1, 0.15) is 66.9 Å². The smallest absolute Gasteiger partial charge is 0.271 e. The molecular weight excluding hydrogens is 446 g/mol. The summed E-state index contributed by atoms with van der Waals surface area (Å²) >= 11 is 1.73. The lowest BCUT2D eigenvalue weighted by atomic mass is 9.91. The van der Waals surface area contributed by atoms with Crippen LogP contribution < -0.4 is 10.1 Å². The number of nitrogens with one attached hydrogen (secondary N) is 1. The van der Waals surface area contributed by atoms with E-state index in [0.29, 0.717) is 18.8 Å². The summed E-state index contributed by atoms with van der Waals surface area (Å²) < 4.78 is 8.73. The van der Waals surface area contributed by atoms with Crippen molar-refractivity contribution in [3.8, 4) is 5.75 Å². The van der Waals surface area contributed by atoms with Crippen molar-refractivity contribution in [2.45, 2.75) is 77.0 Å². The number of carbonyl (C=O) groups is 2. The fourth-order valence-electron chi connectivity index (χ4n) is 5.40. The van der Waals surface area contributed by atoms with Gasteiger partial charge in [-0.3, -0.25) is 9.59 Å². The highest BCUT2D eigenvalue weighted by Gasteiger charge is 2.48. The molecule has 1 aliphatic heterocycles. The number of ether oxygens (including phenoxy) is 1. The lowest BCUT2D eigenvalue weighted by molar-refractivity contribution is -0.134. The maximum Gasteiger partial charge on any atom is 0.271 e. The molecule has 6 nitrogen and oxygen atoms in total. The number of carbonyl (C=O) groups excluding carboxylic acids is 2. The van der Waals surface area contributed by atoms with E-state index >= 15 is 0 Å². The number of amides is 2. The second kappa shape index (κ2) is 9.10. The highest BCUT2D eigenvalue weighted by molar-refractivity contribution is 7.19. The van der Waals surface area contributed by atoms with Gasteiger partial charge in [-0.25, -0.2) is 0 Å². The summed E-state index contributed by atoms with van der Waals surface area (Å²) in [6, 6.07) is 12.1. The summed E-state index contributed by atoms with van der Waals surface area (Å²) in [6.07, 6.45) is 6.48. The minimum atomic E-state index is -1.01. The maximum atomic E-state index is 13.9. The van der Waals surface area contributed by atoms with Crippen molar-refractivity contribution in [1.29, 1.82) is 0 Å². The standard InChI is InChI=1S/C27H33N3O3S/c1-4-20-14-21-24(34-20)15-22-25(31)30(16-18-10-8-9-13-23(18)33-3)27(2,17-29(21)22)26(32)28-19-11-6-5-7-12-19/h8-10,13-15,19H,4-7,11-12,16-17H2,1-3H3,(H,28,32)/t27-/m1/s1. The lowest BCUT2D eigenvalue weighted by Gasteiger charge is -2.45. The number of rotatable bonds is 6. The molecule has 34 heavy (non-hydrogen) atoms. The average molecular weight is 480 g/mol. The normalized spacial score (nSPS) is 21.0. The molecule has 2 aromatic heterocycles. The Morgan fingerprint density at radius 2 is 1.97 bits per heavy atom. The summed E-state index contributed by atoms with van der Waals surface area (Å²) in [5, 5.41) is 3.31. The minimum Gasteiger partial charge on any atom is -0.496 e. The maximum absolute atomic E-state index is 13.9. The first-order valence-electron chi connectivity index (χ1n) is 12.3. The molecule has 7 heteroatoms. The zero-order valence-corrected chi connectivity index (χ0v) is 21.0. The SMILES string of the molecule is CCc1cc2c(cc3n2C[C@](C)(C(=O)NC2CCCCC2)N(Cc2ccccc2OC)C3=O)s1. The molecule has 1 atom stereocenters. The largest absolute Gasteiger partial charge is 0.496 e. The van der Waals surface area contributed by atoms with E-state index in [2.05, 4.69) is 22.9 Å². The van der Waals surface area contributed by atoms with Crippen LogP contribution >= 0.6 is 11.3 Å². The molecule has 1 N–H and O–H groups in total. The van der Waals surface area contributed by atoms with Crippen LogP contribution in [0, 0.1) is 0 Å². The van der Waals surface area contributed by atoms with E-state index in [1.54, 1.807) is 23.3 Å². The molecule has 2 amide bonds. The van der Waals surface area contributed by atoms with Crippen LogP contribution in [0.5, 0.6) is 5.75 Å². The van der Waals surface area contributed by atoms with Gasteiger partial charge in [-0.2, -0.15) is 0 Å². The van der Waals surface area contributed by atoms with Gasteiger partial charge in [0.1, 0.15) is 17.0 Å². The van der Waals surface area contributed by atoms with E-state index in [9.17, 15) is 9.59 Å². The fourth-order valence-corrected chi connectivity index (χ4v) is 6.44. The molecule has 1 aromatic carbocycles. The fraction of sp³-hybridized carbons (Fsp3) is 0.481. The summed E-state index contributed by atoms with van der Waals surface area (Å²) in [5.74, 6) is 0.542. The summed E-state index contributed by atoms with van der Waals surface area (Å²) in [7, 11) is 1.64. The number of benzene rings is 1. The molecule has 0 saturated heterocycles. The van der Waals surface area contributed by atoms with Gasteiger partial charge in [0, 0.05) is 16.5 Å². The van der Waals surface area contributed by atoms with E-state index in [4.69, 9.17) is 4.74 Å². The Morgan fingerprint density at radius 3 is 2.71 bits per heavy atom. The number of methoxy groups -OCH3 is 1. The number of aromatic nitrogens is 1. The molecule has 0 radical (unpaired) electrons. The molecule has 3 heterocycles. The van der Waals surface area contributed by atoms with Crippen molar-refractivity contribution in [3.63, 3.8) is 0 Å². The van der Waals surface area contributed by atoms with Crippen LogP contribution in [0.4, 0.5) is 0 Å². The average Bonchev–Trinajstić information content (AvgIpc) is 3.41. The Bertz CT molecular complexity index is 1220. The first-order valence-corrected chi connectivity index (χ1v) is 13.1. The zero-order chi connectivity index (χ0) is 23.9. The van der Waals surface area contributed by atoms with E-state index < -0.39 is 5.54 Å². The molecule has 0 unspecified atom stereocenters. The monoisotopic (exact) mass is 479 g/mol. The number of aryl methyl sites for hydroxylation is 1. The van der Waals surface area contributed by atoms with Crippen LogP contribution in [-0.2, 0) is 24.3 Å². The predicted octanol–water partition coefficient (Wildman–Crippen LogP) is 5.14. The van der Waals surface area contributed by atoms with Crippen LogP contribution in [0.25, 0.3) is 10.2 Å². The third kappa shape index (κ3) is 3.90. The molecule has 2 aliphatic rings. The van der Waals surface area contributed by atoms with Crippen molar-refractivity contribution in [2.75, 3.05) is 7.11 Å². The second-order valence-electron chi connectivity index (χ2n) is 9.72. The van der Waals surface area contributed by atoms with Gasteiger partial charge in [0.25, 0.3) is 5.91 Å². The first-order chi connectivity index (χ1) is 16.4. The zero-order valence-electron chi connectivity index (χ0n) is 20.2. The third-order valence-corrected chi connectivity index (χ3v) is 8.68. The number of para-hydroxylation sites is 1. The van der Waals surface area contributed by atoms with Gasteiger partial charge in [-0.1, -0.05) is 44.4 Å². The summed E-state index contributed by atoms with van der Waals surface area (Å²) in [6.45, 7) is 4.81. The van der Waals surface area contributed by atoms with Crippen molar-refractivity contribution < 1.29 is 14.3 Å². The van der Waals surface area contributed by atoms with Gasteiger partial charge >= 0.3 is 0 Å². The highest BCUT2D eigenvalue weighted by Crippen LogP contribution is 2.37. The molecule has 1 fully saturated rings. The molecule has 3 aromatic rings. The topological polar surface area (TPSA) is 63.6 Å². The molecular formula is C27H33N3O3S. The Kier molecular flexibility index (Phi) is 6.15. The minimum absolute atomic E-state index is 0.0684. The molecule has 0 bridgehead atoms. The number of thiophene rings is 1. The van der Waals surface area contributed by atoms with E-state index in [1.165, 1.54) is 11.3 Å². The van der Waals surface area contributed by atoms with Crippen molar-refractivity contribution in [1.82, 2.24) is 14.8 Å². The Labute approximate surface area is 204 Å². The van der Waals surface area contributed by atoms with Crippen LogP contribution in [0.3, 0.4) is 0 Å². The quantitative estimate of drug-likeness (QED) is 0.533. The van der Waals surface area contributed by atoms with E-state index in [-0.39, 0.29) is 17.9 Å². The van der Waals surface area contributed by atoms with Gasteiger partial charge < -0.3 is 19.5 Å². The Hall–Kier alpha value is -2.80. The number of hydrogen-bond donors (Lipinski definition) is 1. The first kappa shape index (κ1) is 23.0. The highest BCUT2D eigenvalue weighted by atomic mass is 32.1. The van der Waals surface area contributed by atoms with E-state index in [0.717, 1.165) is 53.6 Å². The summed E-state index contributed by atoms with van der Waals surface area (Å²) in [4.78, 5) is 30.9. The number of hydrogen-bond acceptors (Lipinski definition) is 4. The van der Waals surface area contributed by atoms with Gasteiger partial charge in [-0.05, 0) is 44.4 Å². The van der Waals surface area contributed by atoms with Crippen molar-refractivity contribution >= 4 is 33.4 Å². The molecule has 180 valence electrons. The van der Waals surface area contributed by atoms with Crippen molar-refractivity contribution in [2.24, 2.45) is 0 Å². The summed E-state index contributed by atoms with van der Waals surface area (Å²) in [5.41, 5.74) is 1.59. The van der Waals surface area contributed by atoms with Gasteiger partial charge in [0.15, 0.2) is 0 Å². The number of nitrogens with zero attached hydrogens (tertiary/aromatic N) is 2. The van der Waals surface area contributed by atoms with Crippen LogP contribution in [-0.4, -0.2) is 40.0 Å². The third-order valence-electron chi connectivity index (χ3n) is 7.47. The van der Waals surface area contributed by atoms with Crippen LogP contribution in [0.15, 0.2) is 36.4 Å². The van der Waals surface area contributed by atoms with E-state index in [1.807, 2.05) is 37.3 Å². The molecule has 1 aliphatic carbocycles. The second-order valence-corrected chi connectivity index (χ2v) is 10.9. The Morgan fingerprint density at radius 1 is 1.21 bits per heavy atom. The molecule has 0 spiro atoms. The van der Waals surface area contributed by atoms with Gasteiger partial charge in [-0.15, -0.1) is 11.3 Å². The van der Waals surface area contributed by atoms with Crippen molar-refractivity contribution in [3.05, 3.63) is 52.5 Å². The molecule has 5 rings (SSSR count). The Balaban J connectivity index is 1.56. The van der Waals surface area contributed by atoms with Crippen LogP contribution in [0.2, 0.25) is 0 Å². The van der Waals surface area contributed by atoms with Gasteiger partial charge in [0.05, 0.1) is 30.4 Å². The lowest BCUT2D eigenvalue weighted by Crippen LogP contribution is -2.64. The predicted molar refractivity (Wildman–Crippen MR) is 135 cm³/mol. The molecule has 1 saturated carbocycles. The van der Waals surface area contributed by atoms with Gasteiger partial charge in [0.2, 0.25) is 5.91 Å². The number of fused-ring (bicyclic) bond motifs is 3.